The van der Waals surface area contributed by atoms with E-state index in [9.17, 15) is 8.42 Å². The molecule has 2 heterocycles. The van der Waals surface area contributed by atoms with Gasteiger partial charge in [-0.15, -0.1) is 0 Å². The molecule has 0 unspecified atom stereocenters. The molecule has 0 spiro atoms. The van der Waals surface area contributed by atoms with Crippen LogP contribution in [0.15, 0.2) is 103 Å². The van der Waals surface area contributed by atoms with Crippen molar-refractivity contribution >= 4 is 39.9 Å². The lowest BCUT2D eigenvalue weighted by Crippen LogP contribution is -2.55. The quantitative estimate of drug-likeness (QED) is 0.255. The summed E-state index contributed by atoms with van der Waals surface area (Å²) < 4.78 is 30.7. The molecule has 5 rings (SSSR count). The van der Waals surface area contributed by atoms with Crippen molar-refractivity contribution in [2.45, 2.75) is 12.5 Å². The molecule has 1 aromatic heterocycles. The van der Waals surface area contributed by atoms with E-state index in [2.05, 4.69) is 79.0 Å². The Balaban J connectivity index is 1.47. The van der Waals surface area contributed by atoms with E-state index >= 15 is 0 Å². The summed E-state index contributed by atoms with van der Waals surface area (Å²) >= 11 is 0. The number of fused-ring (bicyclic) bond motifs is 1. The zero-order chi connectivity index (χ0) is 27.6. The summed E-state index contributed by atoms with van der Waals surface area (Å²) in [5.74, 6) is 0. The molecule has 1 aliphatic rings. The van der Waals surface area contributed by atoms with Gasteiger partial charge in [-0.25, -0.2) is 13.1 Å². The highest BCUT2D eigenvalue weighted by Gasteiger charge is 2.35. The van der Waals surface area contributed by atoms with Crippen molar-refractivity contribution in [3.63, 3.8) is 0 Å². The van der Waals surface area contributed by atoms with Gasteiger partial charge in [0, 0.05) is 57.0 Å². The van der Waals surface area contributed by atoms with Gasteiger partial charge in [0.15, 0.2) is 0 Å². The van der Waals surface area contributed by atoms with Crippen LogP contribution in [-0.2, 0) is 16.4 Å². The lowest BCUT2D eigenvalue weighted by atomic mass is 9.96. The molecule has 0 saturated carbocycles. The van der Waals surface area contributed by atoms with Crippen molar-refractivity contribution < 1.29 is 8.42 Å². The van der Waals surface area contributed by atoms with Crippen molar-refractivity contribution in [1.82, 2.24) is 19.0 Å². The van der Waals surface area contributed by atoms with Gasteiger partial charge in [-0.05, 0) is 48.4 Å². The van der Waals surface area contributed by atoms with E-state index in [1.807, 2.05) is 43.2 Å². The second-order valence-electron chi connectivity index (χ2n) is 10.2. The van der Waals surface area contributed by atoms with E-state index in [1.54, 1.807) is 15.4 Å². The number of hydrogen-bond acceptors (Lipinski definition) is 5. The topological polar surface area (TPSA) is 61.7 Å². The van der Waals surface area contributed by atoms with Crippen molar-refractivity contribution in [2.24, 2.45) is 0 Å². The van der Waals surface area contributed by atoms with Crippen LogP contribution < -0.4 is 10.4 Å². The molecular formula is C30H34BN5O2S. The number of piperazine rings is 1. The summed E-state index contributed by atoms with van der Waals surface area (Å²) in [4.78, 5) is 4.28. The van der Waals surface area contributed by atoms with Gasteiger partial charge in [0.1, 0.15) is 7.85 Å². The van der Waals surface area contributed by atoms with Crippen molar-refractivity contribution in [1.29, 1.82) is 0 Å². The van der Waals surface area contributed by atoms with Crippen molar-refractivity contribution in [3.8, 4) is 5.69 Å². The summed E-state index contributed by atoms with van der Waals surface area (Å²) in [6, 6.07) is 24.9. The third-order valence-electron chi connectivity index (χ3n) is 7.15. The Labute approximate surface area is 232 Å². The molecule has 0 radical (unpaired) electrons. The minimum atomic E-state index is -3.67. The van der Waals surface area contributed by atoms with Gasteiger partial charge < -0.3 is 9.80 Å². The highest BCUT2D eigenvalue weighted by atomic mass is 32.2. The number of benzene rings is 3. The summed E-state index contributed by atoms with van der Waals surface area (Å²) in [5.41, 5.74) is 5.51. The molecule has 3 aromatic carbocycles. The average molecular weight is 540 g/mol. The number of hydrogen-bond donors (Lipinski definition) is 0. The summed E-state index contributed by atoms with van der Waals surface area (Å²) in [6.45, 7) is 5.13. The Morgan fingerprint density at radius 2 is 1.77 bits per heavy atom. The van der Waals surface area contributed by atoms with Gasteiger partial charge in [-0.2, -0.15) is 9.40 Å². The van der Waals surface area contributed by atoms with Crippen LogP contribution in [0.3, 0.4) is 0 Å². The van der Waals surface area contributed by atoms with Crippen LogP contribution in [-0.4, -0.2) is 75.0 Å². The molecule has 0 amide bonds. The third kappa shape index (κ3) is 5.65. The van der Waals surface area contributed by atoms with E-state index in [4.69, 9.17) is 0 Å². The largest absolute Gasteiger partial charge is 0.382 e. The lowest BCUT2D eigenvalue weighted by molar-refractivity contribution is 0.333. The number of allylic oxidation sites excluding steroid dienone is 1. The molecule has 4 aromatic rings. The second-order valence-corrected chi connectivity index (χ2v) is 12.2. The molecule has 7 nitrogen and oxygen atoms in total. The number of anilines is 1. The van der Waals surface area contributed by atoms with E-state index in [1.165, 1.54) is 17.1 Å². The molecule has 1 saturated heterocycles. The van der Waals surface area contributed by atoms with Gasteiger partial charge >= 0.3 is 0 Å². The third-order valence-corrected chi connectivity index (χ3v) is 9.03. The first-order valence-electron chi connectivity index (χ1n) is 13.1. The van der Waals surface area contributed by atoms with Crippen molar-refractivity contribution in [3.05, 3.63) is 108 Å². The van der Waals surface area contributed by atoms with E-state index in [-0.39, 0.29) is 10.9 Å². The molecule has 0 N–H and O–H groups in total. The van der Waals surface area contributed by atoms with Gasteiger partial charge in [-0.3, -0.25) is 0 Å². The molecule has 0 aliphatic carbocycles. The molecule has 9 heteroatoms. The molecule has 0 bridgehead atoms. The second kappa shape index (κ2) is 11.1. The zero-order valence-corrected chi connectivity index (χ0v) is 23.6. The fraction of sp³-hybridized carbons (Fsp3) is 0.233. The van der Waals surface area contributed by atoms with E-state index in [0.29, 0.717) is 19.6 Å². The summed E-state index contributed by atoms with van der Waals surface area (Å²) in [7, 11) is 2.03. The Kier molecular flexibility index (Phi) is 7.64. The van der Waals surface area contributed by atoms with Crippen LogP contribution in [0.5, 0.6) is 0 Å². The predicted octanol–water partition coefficient (Wildman–Crippen LogP) is 2.94. The lowest BCUT2D eigenvalue weighted by Gasteiger charge is -2.42. The Hall–Kier alpha value is -3.82. The van der Waals surface area contributed by atoms with Gasteiger partial charge in [0.25, 0.3) is 0 Å². The van der Waals surface area contributed by atoms with E-state index < -0.39 is 10.0 Å². The standard InChI is InChI=1S/C30H34BN5O2S/c1-4-29(22-33(2)3)39(37,38)34-16-17-35(28(21-34)18-23-8-6-5-7-9-23)27-14-15-30-24(19-27)20-32-36(30)26-12-10-25(31)11-13-26/h4-15,19-20,22,28H,1,16-18,21,31H2,2-3H3/b29-22+/t28-/m1/s1. The van der Waals surface area contributed by atoms with Crippen LogP contribution >= 0.6 is 0 Å². The maximum Gasteiger partial charge on any atom is 0.244 e. The minimum Gasteiger partial charge on any atom is -0.382 e. The van der Waals surface area contributed by atoms with Gasteiger partial charge in [-0.1, -0.05) is 54.5 Å². The van der Waals surface area contributed by atoms with E-state index in [0.717, 1.165) is 28.7 Å². The van der Waals surface area contributed by atoms with Crippen LogP contribution in [0.4, 0.5) is 5.69 Å². The number of nitrogens with zero attached hydrogens (tertiary/aromatic N) is 5. The number of sulfonamides is 1. The predicted molar refractivity (Wildman–Crippen MR) is 163 cm³/mol. The van der Waals surface area contributed by atoms with Crippen LogP contribution in [0.2, 0.25) is 0 Å². The maximum atomic E-state index is 13.6. The summed E-state index contributed by atoms with van der Waals surface area (Å²) in [5, 5.41) is 5.70. The summed E-state index contributed by atoms with van der Waals surface area (Å²) in [6.07, 6.45) is 5.66. The van der Waals surface area contributed by atoms with Crippen LogP contribution in [0.25, 0.3) is 16.6 Å². The fourth-order valence-electron chi connectivity index (χ4n) is 5.16. The Morgan fingerprint density at radius 1 is 1.05 bits per heavy atom. The maximum absolute atomic E-state index is 13.6. The highest BCUT2D eigenvalue weighted by Crippen LogP contribution is 2.30. The number of aromatic nitrogens is 2. The molecule has 200 valence electrons. The Bertz CT molecular complexity index is 1600. The molecule has 1 atom stereocenters. The first kappa shape index (κ1) is 26.8. The van der Waals surface area contributed by atoms with Crippen LogP contribution in [0, 0.1) is 0 Å². The zero-order valence-electron chi connectivity index (χ0n) is 22.7. The molecule has 1 aliphatic heterocycles. The Morgan fingerprint density at radius 3 is 2.46 bits per heavy atom. The van der Waals surface area contributed by atoms with Crippen molar-refractivity contribution in [2.75, 3.05) is 38.6 Å². The smallest absolute Gasteiger partial charge is 0.244 e. The SMILES string of the molecule is Bc1ccc(-n2ncc3cc(N4CCN(S(=O)(=O)/C(C=C)=C/N(C)C)C[C@H]4Cc4ccccc4)ccc32)cc1. The van der Waals surface area contributed by atoms with Gasteiger partial charge in [0.2, 0.25) is 10.0 Å². The monoisotopic (exact) mass is 539 g/mol. The average Bonchev–Trinajstić information content (AvgIpc) is 3.36. The highest BCUT2D eigenvalue weighted by molar-refractivity contribution is 7.93. The molecule has 39 heavy (non-hydrogen) atoms. The number of rotatable bonds is 8. The van der Waals surface area contributed by atoms with Crippen LogP contribution in [0.1, 0.15) is 5.56 Å². The van der Waals surface area contributed by atoms with Gasteiger partial charge in [0.05, 0.1) is 22.3 Å². The first-order valence-corrected chi connectivity index (χ1v) is 14.6. The molecular weight excluding hydrogens is 505 g/mol. The molecule has 1 fully saturated rings. The fourth-order valence-corrected chi connectivity index (χ4v) is 6.71. The minimum absolute atomic E-state index is 0.0362. The normalized spacial score (nSPS) is 16.9. The first-order chi connectivity index (χ1) is 18.8.